The average molecular weight is 282 g/mol. The van der Waals surface area contributed by atoms with Crippen molar-refractivity contribution in [3.8, 4) is 11.8 Å². The summed E-state index contributed by atoms with van der Waals surface area (Å²) in [6.45, 7) is 7.94. The number of hydrogen-bond acceptors (Lipinski definition) is 4. The molecular weight excluding hydrogens is 266 g/mol. The highest BCUT2D eigenvalue weighted by Crippen LogP contribution is 2.27. The molecule has 1 radical (unpaired) electrons. The summed E-state index contributed by atoms with van der Waals surface area (Å²) in [5.74, 6) is 0.285. The van der Waals surface area contributed by atoms with E-state index in [1.807, 2.05) is 19.9 Å². The molecule has 1 aromatic rings. The van der Waals surface area contributed by atoms with Gasteiger partial charge in [-0.05, 0) is 24.5 Å². The standard InChI is InChI=1S/C12H16N3O3S/c1-12(2,3)8-18-11-6-4-5-10(9(11)7-13)15-19(14,16)17/h4-6,15H,1,8H2,2-3H3,(H2,14,16,17). The Bertz CT molecular complexity index is 598. The normalized spacial score (nSPS) is 11.7. The first-order valence-corrected chi connectivity index (χ1v) is 6.99. The third-order valence-corrected chi connectivity index (χ3v) is 2.51. The quantitative estimate of drug-likeness (QED) is 0.851. The molecule has 0 saturated carbocycles. The first-order valence-electron chi connectivity index (χ1n) is 5.44. The van der Waals surface area contributed by atoms with E-state index in [9.17, 15) is 8.42 Å². The third kappa shape index (κ3) is 5.16. The molecule has 0 amide bonds. The minimum absolute atomic E-state index is 0.0841. The number of ether oxygens (including phenoxy) is 1. The zero-order chi connectivity index (χ0) is 14.7. The molecular formula is C12H16N3O3S. The van der Waals surface area contributed by atoms with E-state index in [0.29, 0.717) is 6.61 Å². The molecule has 103 valence electrons. The molecule has 0 unspecified atom stereocenters. The van der Waals surface area contributed by atoms with Crippen molar-refractivity contribution in [3.05, 3.63) is 30.7 Å². The van der Waals surface area contributed by atoms with E-state index in [0.717, 1.165) is 0 Å². The first kappa shape index (κ1) is 15.3. The Morgan fingerprint density at radius 3 is 2.63 bits per heavy atom. The van der Waals surface area contributed by atoms with E-state index in [1.165, 1.54) is 6.07 Å². The number of hydrogen-bond donors (Lipinski definition) is 2. The fourth-order valence-corrected chi connectivity index (χ4v) is 1.75. The summed E-state index contributed by atoms with van der Waals surface area (Å²) in [5, 5.41) is 14.0. The summed E-state index contributed by atoms with van der Waals surface area (Å²) < 4.78 is 29.6. The molecule has 1 rings (SSSR count). The van der Waals surface area contributed by atoms with Gasteiger partial charge in [-0.15, -0.1) is 0 Å². The minimum Gasteiger partial charge on any atom is -0.492 e. The van der Waals surface area contributed by atoms with Gasteiger partial charge in [0.25, 0.3) is 10.2 Å². The van der Waals surface area contributed by atoms with Gasteiger partial charge in [-0.1, -0.05) is 19.9 Å². The van der Waals surface area contributed by atoms with Gasteiger partial charge in [0.1, 0.15) is 17.4 Å². The molecule has 0 aliphatic rings. The molecule has 0 heterocycles. The molecule has 7 heteroatoms. The van der Waals surface area contributed by atoms with Crippen molar-refractivity contribution < 1.29 is 13.2 Å². The van der Waals surface area contributed by atoms with Crippen molar-refractivity contribution in [2.24, 2.45) is 10.6 Å². The van der Waals surface area contributed by atoms with Gasteiger partial charge in [0.15, 0.2) is 0 Å². The van der Waals surface area contributed by atoms with Crippen LogP contribution in [0.5, 0.6) is 5.75 Å². The summed E-state index contributed by atoms with van der Waals surface area (Å²) in [5.41, 5.74) is -0.152. The fourth-order valence-electron chi connectivity index (χ4n) is 1.28. The molecule has 1 aromatic carbocycles. The van der Waals surface area contributed by atoms with Gasteiger partial charge in [0.05, 0.1) is 12.3 Å². The van der Waals surface area contributed by atoms with Crippen LogP contribution in [0, 0.1) is 23.7 Å². The van der Waals surface area contributed by atoms with Crippen LogP contribution < -0.4 is 14.6 Å². The monoisotopic (exact) mass is 282 g/mol. The average Bonchev–Trinajstić information content (AvgIpc) is 2.23. The number of rotatable bonds is 5. The van der Waals surface area contributed by atoms with Crippen LogP contribution in [0.4, 0.5) is 5.69 Å². The molecule has 19 heavy (non-hydrogen) atoms. The number of nitrogens with two attached hydrogens (primary N) is 1. The highest BCUT2D eigenvalue weighted by Gasteiger charge is 2.16. The molecule has 0 aliphatic heterocycles. The fraction of sp³-hybridized carbons (Fsp3) is 0.333. The van der Waals surface area contributed by atoms with Gasteiger partial charge in [-0.25, -0.2) is 5.14 Å². The van der Waals surface area contributed by atoms with Crippen molar-refractivity contribution in [1.29, 1.82) is 5.26 Å². The zero-order valence-electron chi connectivity index (χ0n) is 10.8. The van der Waals surface area contributed by atoms with E-state index in [1.54, 1.807) is 12.1 Å². The molecule has 0 atom stereocenters. The number of anilines is 1. The molecule has 0 saturated heterocycles. The lowest BCUT2D eigenvalue weighted by Gasteiger charge is -2.19. The van der Waals surface area contributed by atoms with Gasteiger partial charge in [0, 0.05) is 0 Å². The maximum atomic E-state index is 11.0. The summed E-state index contributed by atoms with van der Waals surface area (Å²) in [6, 6.07) is 6.48. The molecule has 0 aromatic heterocycles. The van der Waals surface area contributed by atoms with Gasteiger partial charge in [-0.3, -0.25) is 4.72 Å². The van der Waals surface area contributed by atoms with Crippen molar-refractivity contribution in [2.45, 2.75) is 13.8 Å². The van der Waals surface area contributed by atoms with Crippen LogP contribution in [0.15, 0.2) is 18.2 Å². The van der Waals surface area contributed by atoms with Crippen LogP contribution in [0.25, 0.3) is 0 Å². The number of benzene rings is 1. The van der Waals surface area contributed by atoms with E-state index in [2.05, 4.69) is 11.6 Å². The first-order chi connectivity index (χ1) is 8.62. The lowest BCUT2D eigenvalue weighted by atomic mass is 9.98. The molecule has 6 nitrogen and oxygen atoms in total. The van der Waals surface area contributed by atoms with Crippen LogP contribution in [0.3, 0.4) is 0 Å². The van der Waals surface area contributed by atoms with Gasteiger partial charge < -0.3 is 4.74 Å². The lowest BCUT2D eigenvalue weighted by Crippen LogP contribution is -2.22. The third-order valence-electron chi connectivity index (χ3n) is 2.01. The lowest BCUT2D eigenvalue weighted by molar-refractivity contribution is 0.219. The molecule has 3 N–H and O–H groups in total. The predicted molar refractivity (Wildman–Crippen MR) is 72.5 cm³/mol. The Balaban J connectivity index is 3.08. The Morgan fingerprint density at radius 2 is 2.16 bits per heavy atom. The SMILES string of the molecule is [CH2]C(C)(C)COc1cccc(NS(N)(=O)=O)c1C#N. The summed E-state index contributed by atoms with van der Waals surface area (Å²) in [7, 11) is -3.94. The second kappa shape index (κ2) is 5.47. The van der Waals surface area contributed by atoms with Gasteiger partial charge in [0.2, 0.25) is 0 Å². The number of nitriles is 1. The second-order valence-corrected chi connectivity index (χ2v) is 6.18. The van der Waals surface area contributed by atoms with Crippen molar-refractivity contribution in [3.63, 3.8) is 0 Å². The van der Waals surface area contributed by atoms with E-state index < -0.39 is 10.2 Å². The number of nitrogens with one attached hydrogen (secondary N) is 1. The Kier molecular flexibility index (Phi) is 4.39. The molecule has 0 spiro atoms. The van der Waals surface area contributed by atoms with Crippen molar-refractivity contribution in [1.82, 2.24) is 0 Å². The van der Waals surface area contributed by atoms with E-state index in [-0.39, 0.29) is 22.4 Å². The summed E-state index contributed by atoms with van der Waals surface area (Å²) >= 11 is 0. The summed E-state index contributed by atoms with van der Waals surface area (Å²) in [4.78, 5) is 0. The molecule has 0 fully saturated rings. The van der Waals surface area contributed by atoms with Crippen molar-refractivity contribution >= 4 is 15.9 Å². The Labute approximate surface area is 113 Å². The van der Waals surface area contributed by atoms with E-state index in [4.69, 9.17) is 15.1 Å². The van der Waals surface area contributed by atoms with Crippen LogP contribution in [0.2, 0.25) is 0 Å². The maximum absolute atomic E-state index is 11.0. The van der Waals surface area contributed by atoms with Crippen LogP contribution in [-0.2, 0) is 10.2 Å². The minimum atomic E-state index is -3.94. The zero-order valence-corrected chi connectivity index (χ0v) is 11.6. The second-order valence-electron chi connectivity index (χ2n) is 4.89. The molecule has 0 aliphatic carbocycles. The molecule has 0 bridgehead atoms. The number of nitrogens with zero attached hydrogens (tertiary/aromatic N) is 1. The van der Waals surface area contributed by atoms with Crippen LogP contribution in [0.1, 0.15) is 19.4 Å². The van der Waals surface area contributed by atoms with Crippen LogP contribution in [-0.4, -0.2) is 15.0 Å². The topological polar surface area (TPSA) is 105 Å². The highest BCUT2D eigenvalue weighted by atomic mass is 32.2. The van der Waals surface area contributed by atoms with Crippen LogP contribution >= 0.6 is 0 Å². The van der Waals surface area contributed by atoms with Gasteiger partial charge >= 0.3 is 0 Å². The Hall–Kier alpha value is -1.78. The van der Waals surface area contributed by atoms with Crippen molar-refractivity contribution in [2.75, 3.05) is 11.3 Å². The van der Waals surface area contributed by atoms with E-state index >= 15 is 0 Å². The predicted octanol–water partition coefficient (Wildman–Crippen LogP) is 1.41. The largest absolute Gasteiger partial charge is 0.492 e. The van der Waals surface area contributed by atoms with Gasteiger partial charge in [-0.2, -0.15) is 13.7 Å². The summed E-state index contributed by atoms with van der Waals surface area (Å²) in [6.07, 6.45) is 0. The maximum Gasteiger partial charge on any atom is 0.296 e. The highest BCUT2D eigenvalue weighted by molar-refractivity contribution is 7.90. The smallest absolute Gasteiger partial charge is 0.296 e. The Morgan fingerprint density at radius 1 is 1.53 bits per heavy atom.